The van der Waals surface area contributed by atoms with E-state index in [1.54, 1.807) is 18.2 Å². The van der Waals surface area contributed by atoms with Crippen LogP contribution < -0.4 is 4.72 Å². The van der Waals surface area contributed by atoms with Crippen LogP contribution in [0.15, 0.2) is 53.4 Å². The number of rotatable bonds is 7. The highest BCUT2D eigenvalue weighted by Crippen LogP contribution is 2.11. The van der Waals surface area contributed by atoms with Gasteiger partial charge in [0.2, 0.25) is 15.9 Å². The van der Waals surface area contributed by atoms with E-state index in [2.05, 4.69) is 4.72 Å². The van der Waals surface area contributed by atoms with Gasteiger partial charge in [0, 0.05) is 32.1 Å². The molecule has 0 aromatic heterocycles. The second-order valence-corrected chi connectivity index (χ2v) is 7.15. The van der Waals surface area contributed by atoms with Gasteiger partial charge in [-0.15, -0.1) is 0 Å². The number of hydrogen-bond acceptors (Lipinski definition) is 3. The Balaban J connectivity index is 1.98. The Morgan fingerprint density at radius 2 is 1.72 bits per heavy atom. The maximum Gasteiger partial charge on any atom is 0.240 e. The largest absolute Gasteiger partial charge is 0.337 e. The minimum atomic E-state index is -3.81. The lowest BCUT2D eigenvalue weighted by Gasteiger charge is -2.21. The smallest absolute Gasteiger partial charge is 0.240 e. The minimum Gasteiger partial charge on any atom is -0.337 e. The van der Waals surface area contributed by atoms with E-state index in [0.29, 0.717) is 5.56 Å². The molecule has 0 aliphatic carbocycles. The van der Waals surface area contributed by atoms with E-state index in [-0.39, 0.29) is 30.4 Å². The summed E-state index contributed by atoms with van der Waals surface area (Å²) >= 11 is 0. The molecule has 2 aromatic carbocycles. The van der Waals surface area contributed by atoms with Crippen molar-refractivity contribution < 1.29 is 22.0 Å². The third-order valence-electron chi connectivity index (χ3n) is 3.56. The van der Waals surface area contributed by atoms with E-state index in [9.17, 15) is 22.0 Å². The van der Waals surface area contributed by atoms with E-state index in [1.165, 1.54) is 17.9 Å². The summed E-state index contributed by atoms with van der Waals surface area (Å²) in [4.78, 5) is 13.0. The lowest BCUT2D eigenvalue weighted by Crippen LogP contribution is -2.37. The van der Waals surface area contributed by atoms with Crippen molar-refractivity contribution in [3.8, 4) is 0 Å². The molecule has 0 bridgehead atoms. The van der Waals surface area contributed by atoms with Crippen molar-refractivity contribution in [1.82, 2.24) is 9.62 Å². The number of carbonyl (C=O) groups is 1. The molecular formula is C17H18F2N2O3S. The first-order valence-electron chi connectivity index (χ1n) is 7.54. The van der Waals surface area contributed by atoms with Gasteiger partial charge in [0.25, 0.3) is 0 Å². The summed E-state index contributed by atoms with van der Waals surface area (Å²) < 4.78 is 53.1. The molecule has 0 saturated carbocycles. The van der Waals surface area contributed by atoms with E-state index >= 15 is 0 Å². The van der Waals surface area contributed by atoms with Gasteiger partial charge in [-0.05, 0) is 30.3 Å². The van der Waals surface area contributed by atoms with E-state index in [0.717, 1.165) is 24.3 Å². The second kappa shape index (κ2) is 8.17. The number of benzene rings is 2. The van der Waals surface area contributed by atoms with Gasteiger partial charge in [0.15, 0.2) is 0 Å². The van der Waals surface area contributed by atoms with Crippen LogP contribution in [0.25, 0.3) is 0 Å². The van der Waals surface area contributed by atoms with Crippen molar-refractivity contribution in [2.24, 2.45) is 0 Å². The molecule has 1 amide bonds. The van der Waals surface area contributed by atoms with Crippen molar-refractivity contribution >= 4 is 15.9 Å². The summed E-state index contributed by atoms with van der Waals surface area (Å²) in [6.45, 7) is 1.40. The van der Waals surface area contributed by atoms with Gasteiger partial charge in [-0.3, -0.25) is 4.79 Å². The average molecular weight is 368 g/mol. The standard InChI is InChI=1S/C17H18F2N2O3S/c1-13(22)21(12-14-4-2-3-5-17(14)19)11-10-20-25(23,24)16-8-6-15(18)7-9-16/h2-9,20H,10-12H2,1H3. The first kappa shape index (κ1) is 19.0. The van der Waals surface area contributed by atoms with Crippen LogP contribution in [0.3, 0.4) is 0 Å². The van der Waals surface area contributed by atoms with E-state index in [4.69, 9.17) is 0 Å². The third-order valence-corrected chi connectivity index (χ3v) is 5.04. The Kier molecular flexibility index (Phi) is 6.22. The zero-order valence-corrected chi connectivity index (χ0v) is 14.4. The van der Waals surface area contributed by atoms with Crippen LogP contribution in [0.2, 0.25) is 0 Å². The highest BCUT2D eigenvalue weighted by atomic mass is 32.2. The summed E-state index contributed by atoms with van der Waals surface area (Å²) in [5, 5.41) is 0. The number of amides is 1. The molecule has 0 unspecified atom stereocenters. The SMILES string of the molecule is CC(=O)N(CCNS(=O)(=O)c1ccc(F)cc1)Cc1ccccc1F. The Morgan fingerprint density at radius 3 is 2.32 bits per heavy atom. The molecule has 8 heteroatoms. The molecule has 0 spiro atoms. The molecule has 0 radical (unpaired) electrons. The molecule has 2 aromatic rings. The number of nitrogens with one attached hydrogen (secondary N) is 1. The van der Waals surface area contributed by atoms with Gasteiger partial charge in [0.1, 0.15) is 11.6 Å². The fraction of sp³-hybridized carbons (Fsp3) is 0.235. The Labute approximate surface area is 145 Å². The van der Waals surface area contributed by atoms with Crippen LogP contribution in [-0.4, -0.2) is 32.3 Å². The van der Waals surface area contributed by atoms with Crippen molar-refractivity contribution in [1.29, 1.82) is 0 Å². The molecule has 134 valence electrons. The summed E-state index contributed by atoms with van der Waals surface area (Å²) in [5.41, 5.74) is 0.346. The predicted octanol–water partition coefficient (Wildman–Crippen LogP) is 2.29. The van der Waals surface area contributed by atoms with Crippen molar-refractivity contribution in [2.45, 2.75) is 18.4 Å². The zero-order valence-electron chi connectivity index (χ0n) is 13.6. The van der Waals surface area contributed by atoms with E-state index in [1.807, 2.05) is 0 Å². The van der Waals surface area contributed by atoms with Crippen molar-refractivity contribution in [2.75, 3.05) is 13.1 Å². The second-order valence-electron chi connectivity index (χ2n) is 5.38. The van der Waals surface area contributed by atoms with Crippen LogP contribution in [0.4, 0.5) is 8.78 Å². The summed E-state index contributed by atoms with van der Waals surface area (Å²) in [7, 11) is -3.81. The minimum absolute atomic E-state index is 0.0419. The topological polar surface area (TPSA) is 66.5 Å². The predicted molar refractivity (Wildman–Crippen MR) is 89.1 cm³/mol. The summed E-state index contributed by atoms with van der Waals surface area (Å²) in [5.74, 6) is -1.27. The zero-order chi connectivity index (χ0) is 18.4. The normalized spacial score (nSPS) is 11.3. The van der Waals surface area contributed by atoms with E-state index < -0.39 is 21.7 Å². The van der Waals surface area contributed by atoms with Gasteiger partial charge in [-0.2, -0.15) is 0 Å². The van der Waals surface area contributed by atoms with Gasteiger partial charge >= 0.3 is 0 Å². The Morgan fingerprint density at radius 1 is 1.08 bits per heavy atom. The summed E-state index contributed by atoms with van der Waals surface area (Å²) in [6, 6.07) is 10.5. The van der Waals surface area contributed by atoms with Gasteiger partial charge in [0.05, 0.1) is 4.90 Å². The Bertz CT molecular complexity index is 839. The first-order chi connectivity index (χ1) is 11.8. The number of halogens is 2. The lowest BCUT2D eigenvalue weighted by molar-refractivity contribution is -0.129. The average Bonchev–Trinajstić information content (AvgIpc) is 2.56. The highest BCUT2D eigenvalue weighted by molar-refractivity contribution is 7.89. The third kappa shape index (κ3) is 5.33. The van der Waals surface area contributed by atoms with Crippen LogP contribution in [0.5, 0.6) is 0 Å². The van der Waals surface area contributed by atoms with Gasteiger partial charge in [-0.25, -0.2) is 21.9 Å². The van der Waals surface area contributed by atoms with Crippen LogP contribution in [-0.2, 0) is 21.4 Å². The fourth-order valence-electron chi connectivity index (χ4n) is 2.19. The number of hydrogen-bond donors (Lipinski definition) is 1. The molecule has 0 aliphatic rings. The van der Waals surface area contributed by atoms with Crippen LogP contribution in [0.1, 0.15) is 12.5 Å². The molecule has 1 N–H and O–H groups in total. The number of sulfonamides is 1. The maximum absolute atomic E-state index is 13.7. The van der Waals surface area contributed by atoms with Gasteiger partial charge in [-0.1, -0.05) is 18.2 Å². The lowest BCUT2D eigenvalue weighted by atomic mass is 10.2. The molecular weight excluding hydrogens is 350 g/mol. The molecule has 25 heavy (non-hydrogen) atoms. The van der Waals surface area contributed by atoms with Crippen molar-refractivity contribution in [3.05, 3.63) is 65.7 Å². The molecule has 2 rings (SSSR count). The van der Waals surface area contributed by atoms with Crippen LogP contribution >= 0.6 is 0 Å². The number of nitrogens with zero attached hydrogens (tertiary/aromatic N) is 1. The van der Waals surface area contributed by atoms with Crippen LogP contribution in [0, 0.1) is 11.6 Å². The molecule has 0 heterocycles. The molecule has 0 fully saturated rings. The molecule has 0 aliphatic heterocycles. The quantitative estimate of drug-likeness (QED) is 0.815. The highest BCUT2D eigenvalue weighted by Gasteiger charge is 2.16. The number of carbonyl (C=O) groups excluding carboxylic acids is 1. The van der Waals surface area contributed by atoms with Gasteiger partial charge < -0.3 is 4.90 Å². The van der Waals surface area contributed by atoms with Crippen molar-refractivity contribution in [3.63, 3.8) is 0 Å². The summed E-state index contributed by atoms with van der Waals surface area (Å²) in [6.07, 6.45) is 0. The first-order valence-corrected chi connectivity index (χ1v) is 9.02. The Hall–Kier alpha value is -2.32. The fourth-order valence-corrected chi connectivity index (χ4v) is 3.21. The maximum atomic E-state index is 13.7. The molecule has 0 saturated heterocycles. The molecule has 5 nitrogen and oxygen atoms in total. The molecule has 0 atom stereocenters. The monoisotopic (exact) mass is 368 g/mol.